The maximum atomic E-state index is 12.8. The average Bonchev–Trinajstić information content (AvgIpc) is 3.38. The van der Waals surface area contributed by atoms with Gasteiger partial charge in [0.15, 0.2) is 0 Å². The van der Waals surface area contributed by atoms with Crippen molar-refractivity contribution in [2.75, 3.05) is 39.4 Å². The van der Waals surface area contributed by atoms with Gasteiger partial charge in [-0.15, -0.1) is 0 Å². The van der Waals surface area contributed by atoms with Crippen LogP contribution in [0, 0.1) is 5.92 Å². The molecule has 1 saturated carbocycles. The Bertz CT molecular complexity index is 663. The van der Waals surface area contributed by atoms with Crippen molar-refractivity contribution in [3.63, 3.8) is 0 Å². The Hall–Kier alpha value is -1.86. The first kappa shape index (κ1) is 19.5. The molecule has 0 radical (unpaired) electrons. The zero-order chi connectivity index (χ0) is 19.4. The Kier molecular flexibility index (Phi) is 6.01. The van der Waals surface area contributed by atoms with Gasteiger partial charge in [-0.2, -0.15) is 0 Å². The largest absolute Gasteiger partial charge is 0.467 e. The van der Waals surface area contributed by atoms with Crippen LogP contribution in [0.5, 0.6) is 0 Å². The second-order valence-corrected chi connectivity index (χ2v) is 8.36. The molecule has 1 atom stereocenters. The number of hydrogen-bond acceptors (Lipinski definition) is 5. The highest BCUT2D eigenvalue weighted by Crippen LogP contribution is 2.34. The molecule has 3 heterocycles. The summed E-state index contributed by atoms with van der Waals surface area (Å²) in [6.07, 6.45) is 7.85. The quantitative estimate of drug-likeness (QED) is 0.803. The molecule has 2 amide bonds. The zero-order valence-electron chi connectivity index (χ0n) is 16.5. The summed E-state index contributed by atoms with van der Waals surface area (Å²) in [6.45, 7) is 5.00. The number of nitrogens with one attached hydrogen (secondary N) is 1. The smallest absolute Gasteiger partial charge is 0.225 e. The van der Waals surface area contributed by atoms with Gasteiger partial charge in [0.1, 0.15) is 5.76 Å². The Morgan fingerprint density at radius 1 is 1.21 bits per heavy atom. The lowest BCUT2D eigenvalue weighted by molar-refractivity contribution is -0.129. The molecule has 154 valence electrons. The second kappa shape index (κ2) is 8.66. The van der Waals surface area contributed by atoms with Crippen molar-refractivity contribution in [1.29, 1.82) is 0 Å². The van der Waals surface area contributed by atoms with E-state index in [9.17, 15) is 9.59 Å². The number of amides is 2. The highest BCUT2D eigenvalue weighted by atomic mass is 16.5. The fourth-order valence-electron chi connectivity index (χ4n) is 4.94. The van der Waals surface area contributed by atoms with Crippen molar-refractivity contribution in [3.05, 3.63) is 24.2 Å². The molecular weight excluding hydrogens is 358 g/mol. The van der Waals surface area contributed by atoms with Crippen molar-refractivity contribution in [3.8, 4) is 0 Å². The summed E-state index contributed by atoms with van der Waals surface area (Å²) < 4.78 is 10.9. The van der Waals surface area contributed by atoms with E-state index in [1.165, 1.54) is 19.3 Å². The Morgan fingerprint density at radius 2 is 2.00 bits per heavy atom. The van der Waals surface area contributed by atoms with Gasteiger partial charge in [-0.3, -0.25) is 14.5 Å². The van der Waals surface area contributed by atoms with Gasteiger partial charge < -0.3 is 19.4 Å². The SMILES string of the molecule is O=C(NCC1(N2CCOCC2)CCCCC1)C1CC(=O)N(Cc2ccco2)C1. The molecule has 1 aromatic heterocycles. The third-order valence-corrected chi connectivity index (χ3v) is 6.57. The van der Waals surface area contributed by atoms with Crippen molar-refractivity contribution in [2.45, 2.75) is 50.6 Å². The maximum absolute atomic E-state index is 12.8. The van der Waals surface area contributed by atoms with Gasteiger partial charge in [0.25, 0.3) is 0 Å². The average molecular weight is 389 g/mol. The normalized spacial score (nSPS) is 25.8. The predicted molar refractivity (Wildman–Crippen MR) is 103 cm³/mol. The zero-order valence-corrected chi connectivity index (χ0v) is 16.5. The van der Waals surface area contributed by atoms with Gasteiger partial charge in [0.05, 0.1) is 31.9 Å². The number of morpholine rings is 1. The molecule has 1 aromatic rings. The van der Waals surface area contributed by atoms with E-state index in [4.69, 9.17) is 9.15 Å². The van der Waals surface area contributed by atoms with Crippen LogP contribution in [0.3, 0.4) is 0 Å². The van der Waals surface area contributed by atoms with Crippen LogP contribution in [0.4, 0.5) is 0 Å². The van der Waals surface area contributed by atoms with Crippen LogP contribution in [-0.2, 0) is 20.9 Å². The van der Waals surface area contributed by atoms with Gasteiger partial charge in [0.2, 0.25) is 11.8 Å². The minimum Gasteiger partial charge on any atom is -0.467 e. The number of hydrogen-bond donors (Lipinski definition) is 1. The summed E-state index contributed by atoms with van der Waals surface area (Å²) in [5, 5.41) is 3.21. The van der Waals surface area contributed by atoms with Gasteiger partial charge in [0, 0.05) is 38.1 Å². The third kappa shape index (κ3) is 4.25. The molecule has 1 aliphatic carbocycles. The fourth-order valence-corrected chi connectivity index (χ4v) is 4.94. The number of rotatable bonds is 6. The molecule has 7 nitrogen and oxygen atoms in total. The lowest BCUT2D eigenvalue weighted by Crippen LogP contribution is -2.60. The minimum absolute atomic E-state index is 0.00787. The molecule has 3 aliphatic rings. The predicted octanol–water partition coefficient (Wildman–Crippen LogP) is 1.78. The first-order valence-electron chi connectivity index (χ1n) is 10.6. The van der Waals surface area contributed by atoms with Crippen LogP contribution in [0.1, 0.15) is 44.3 Å². The molecule has 3 fully saturated rings. The van der Waals surface area contributed by atoms with Gasteiger partial charge in [-0.25, -0.2) is 0 Å². The highest BCUT2D eigenvalue weighted by molar-refractivity contribution is 5.89. The number of ether oxygens (including phenoxy) is 1. The number of furan rings is 1. The first-order chi connectivity index (χ1) is 13.7. The molecule has 0 bridgehead atoms. The maximum Gasteiger partial charge on any atom is 0.225 e. The number of likely N-dealkylation sites (tertiary alicyclic amines) is 1. The van der Waals surface area contributed by atoms with Gasteiger partial charge in [-0.05, 0) is 25.0 Å². The van der Waals surface area contributed by atoms with Crippen LogP contribution in [-0.4, -0.2) is 66.5 Å². The minimum atomic E-state index is -0.271. The van der Waals surface area contributed by atoms with Crippen LogP contribution in [0.15, 0.2) is 22.8 Å². The van der Waals surface area contributed by atoms with E-state index < -0.39 is 0 Å². The van der Waals surface area contributed by atoms with E-state index in [0.29, 0.717) is 19.6 Å². The number of carbonyl (C=O) groups is 2. The second-order valence-electron chi connectivity index (χ2n) is 8.36. The van der Waals surface area contributed by atoms with E-state index in [1.807, 2.05) is 12.1 Å². The molecule has 4 rings (SSSR count). The standard InChI is InChI=1S/C21H31N3O4/c25-19-13-17(14-23(19)15-18-5-4-10-28-18)20(26)22-16-21(6-2-1-3-7-21)24-8-11-27-12-9-24/h4-5,10,17H,1-3,6-9,11-16H2,(H,22,26). The summed E-state index contributed by atoms with van der Waals surface area (Å²) in [5.41, 5.74) is 0.0498. The van der Waals surface area contributed by atoms with Gasteiger partial charge in [-0.1, -0.05) is 19.3 Å². The van der Waals surface area contributed by atoms with Crippen LogP contribution in [0.25, 0.3) is 0 Å². The molecule has 7 heteroatoms. The topological polar surface area (TPSA) is 75.0 Å². The molecule has 2 aliphatic heterocycles. The lowest BCUT2D eigenvalue weighted by Gasteiger charge is -2.48. The Labute approximate surface area is 166 Å². The fraction of sp³-hybridized carbons (Fsp3) is 0.714. The molecule has 28 heavy (non-hydrogen) atoms. The summed E-state index contributed by atoms with van der Waals surface area (Å²) in [4.78, 5) is 29.4. The molecule has 0 spiro atoms. The van der Waals surface area contributed by atoms with Crippen LogP contribution in [0.2, 0.25) is 0 Å². The van der Waals surface area contributed by atoms with E-state index in [2.05, 4.69) is 10.2 Å². The van der Waals surface area contributed by atoms with Crippen molar-refractivity contribution < 1.29 is 18.7 Å². The number of nitrogens with zero attached hydrogens (tertiary/aromatic N) is 2. The Morgan fingerprint density at radius 3 is 2.71 bits per heavy atom. The monoisotopic (exact) mass is 389 g/mol. The summed E-state index contributed by atoms with van der Waals surface area (Å²) >= 11 is 0. The van der Waals surface area contributed by atoms with Crippen LogP contribution < -0.4 is 5.32 Å². The molecule has 2 saturated heterocycles. The lowest BCUT2D eigenvalue weighted by atomic mass is 9.79. The summed E-state index contributed by atoms with van der Waals surface area (Å²) in [5.74, 6) is 0.515. The first-order valence-corrected chi connectivity index (χ1v) is 10.6. The summed E-state index contributed by atoms with van der Waals surface area (Å²) in [6, 6.07) is 3.67. The summed E-state index contributed by atoms with van der Waals surface area (Å²) in [7, 11) is 0. The van der Waals surface area contributed by atoms with Crippen molar-refractivity contribution in [2.24, 2.45) is 5.92 Å². The molecule has 1 N–H and O–H groups in total. The van der Waals surface area contributed by atoms with E-state index in [1.54, 1.807) is 11.2 Å². The highest BCUT2D eigenvalue weighted by Gasteiger charge is 2.40. The van der Waals surface area contributed by atoms with E-state index in [-0.39, 0.29) is 29.7 Å². The molecule has 0 aromatic carbocycles. The Balaban J connectivity index is 1.34. The van der Waals surface area contributed by atoms with E-state index in [0.717, 1.165) is 44.9 Å². The molecule has 1 unspecified atom stereocenters. The van der Waals surface area contributed by atoms with E-state index >= 15 is 0 Å². The van der Waals surface area contributed by atoms with Crippen molar-refractivity contribution in [1.82, 2.24) is 15.1 Å². The van der Waals surface area contributed by atoms with Crippen LogP contribution >= 0.6 is 0 Å². The van der Waals surface area contributed by atoms with Gasteiger partial charge >= 0.3 is 0 Å². The number of carbonyl (C=O) groups excluding carboxylic acids is 2. The third-order valence-electron chi connectivity index (χ3n) is 6.57. The molecular formula is C21H31N3O4. The van der Waals surface area contributed by atoms with Crippen molar-refractivity contribution >= 4 is 11.8 Å².